The van der Waals surface area contributed by atoms with Gasteiger partial charge in [-0.2, -0.15) is 4.72 Å². The van der Waals surface area contributed by atoms with Gasteiger partial charge in [0, 0.05) is 5.56 Å². The first-order valence-electron chi connectivity index (χ1n) is 11.2. The van der Waals surface area contributed by atoms with Gasteiger partial charge in [-0.15, -0.1) is 10.2 Å². The zero-order valence-corrected chi connectivity index (χ0v) is 22.0. The second kappa shape index (κ2) is 10.3. The standard InChI is InChI=1S/C25H32N4O3S2/c1-7-17(3)21(29-34(31,32)20-13-11-19(12-14-20)25(4,5)6)22(30)26-24-28-27-23(33-24)18-10-8-9-16(2)15-18/h8-15,17,21,29H,7H2,1-6H3,(H,26,28,30)/t17-,21+/m0/s1. The van der Waals surface area contributed by atoms with E-state index in [0.717, 1.165) is 16.7 Å². The van der Waals surface area contributed by atoms with Crippen molar-refractivity contribution >= 4 is 32.4 Å². The summed E-state index contributed by atoms with van der Waals surface area (Å²) in [5.74, 6) is -0.691. The van der Waals surface area contributed by atoms with Crippen LogP contribution in [0.15, 0.2) is 53.4 Å². The predicted molar refractivity (Wildman–Crippen MR) is 137 cm³/mol. The fourth-order valence-corrected chi connectivity index (χ4v) is 5.43. The number of nitrogens with zero attached hydrogens (tertiary/aromatic N) is 2. The molecule has 182 valence electrons. The summed E-state index contributed by atoms with van der Waals surface area (Å²) in [6.45, 7) is 11.9. The molecule has 34 heavy (non-hydrogen) atoms. The van der Waals surface area contributed by atoms with Gasteiger partial charge < -0.3 is 0 Å². The maximum absolute atomic E-state index is 13.1. The highest BCUT2D eigenvalue weighted by Crippen LogP contribution is 2.28. The maximum Gasteiger partial charge on any atom is 0.244 e. The summed E-state index contributed by atoms with van der Waals surface area (Å²) in [5, 5.41) is 12.0. The monoisotopic (exact) mass is 500 g/mol. The van der Waals surface area contributed by atoms with Crippen LogP contribution in [0.5, 0.6) is 0 Å². The molecule has 1 aromatic heterocycles. The topological polar surface area (TPSA) is 101 Å². The molecule has 7 nitrogen and oxygen atoms in total. The first-order valence-corrected chi connectivity index (χ1v) is 13.5. The van der Waals surface area contributed by atoms with Crippen LogP contribution in [0.3, 0.4) is 0 Å². The molecule has 0 spiro atoms. The number of aromatic nitrogens is 2. The molecule has 0 saturated carbocycles. The van der Waals surface area contributed by atoms with Crippen molar-refractivity contribution in [2.24, 2.45) is 5.92 Å². The Labute approximate surface area is 206 Å². The summed E-state index contributed by atoms with van der Waals surface area (Å²) >= 11 is 1.25. The van der Waals surface area contributed by atoms with Crippen molar-refractivity contribution in [1.29, 1.82) is 0 Å². The lowest BCUT2D eigenvalue weighted by Crippen LogP contribution is -2.47. The van der Waals surface area contributed by atoms with Crippen molar-refractivity contribution in [1.82, 2.24) is 14.9 Å². The molecule has 2 atom stereocenters. The van der Waals surface area contributed by atoms with Crippen LogP contribution in [0, 0.1) is 12.8 Å². The number of hydrogen-bond donors (Lipinski definition) is 2. The first-order chi connectivity index (χ1) is 15.9. The number of carbonyl (C=O) groups is 1. The van der Waals surface area contributed by atoms with Crippen LogP contribution in [0.4, 0.5) is 5.13 Å². The molecule has 0 fully saturated rings. The number of rotatable bonds is 8. The van der Waals surface area contributed by atoms with Crippen LogP contribution in [-0.4, -0.2) is 30.6 Å². The van der Waals surface area contributed by atoms with Crippen molar-refractivity contribution in [3.05, 3.63) is 59.7 Å². The second-order valence-electron chi connectivity index (χ2n) is 9.53. The molecule has 0 radical (unpaired) electrons. The fourth-order valence-electron chi connectivity index (χ4n) is 3.38. The Kier molecular flexibility index (Phi) is 7.90. The molecule has 9 heteroatoms. The van der Waals surface area contributed by atoms with E-state index >= 15 is 0 Å². The molecule has 1 heterocycles. The smallest absolute Gasteiger partial charge is 0.244 e. The Balaban J connectivity index is 1.78. The number of nitrogens with one attached hydrogen (secondary N) is 2. The Morgan fingerprint density at radius 3 is 2.35 bits per heavy atom. The largest absolute Gasteiger partial charge is 0.299 e. The van der Waals surface area contributed by atoms with Gasteiger partial charge in [-0.25, -0.2) is 8.42 Å². The second-order valence-corrected chi connectivity index (χ2v) is 12.2. The average Bonchev–Trinajstić information content (AvgIpc) is 3.25. The van der Waals surface area contributed by atoms with Gasteiger partial charge in [0.05, 0.1) is 4.90 Å². The van der Waals surface area contributed by atoms with Crippen LogP contribution in [0.1, 0.15) is 52.2 Å². The summed E-state index contributed by atoms with van der Waals surface area (Å²) in [7, 11) is -3.90. The molecular formula is C25H32N4O3S2. The van der Waals surface area contributed by atoms with Gasteiger partial charge in [0.15, 0.2) is 0 Å². The van der Waals surface area contributed by atoms with Gasteiger partial charge in [0.1, 0.15) is 11.0 Å². The summed E-state index contributed by atoms with van der Waals surface area (Å²) < 4.78 is 28.8. The summed E-state index contributed by atoms with van der Waals surface area (Å²) in [4.78, 5) is 13.2. The average molecular weight is 501 g/mol. The van der Waals surface area contributed by atoms with Crippen molar-refractivity contribution in [2.75, 3.05) is 5.32 Å². The summed E-state index contributed by atoms with van der Waals surface area (Å²) in [5.41, 5.74) is 2.95. The molecule has 0 saturated heterocycles. The molecule has 2 N–H and O–H groups in total. The molecular weight excluding hydrogens is 468 g/mol. The van der Waals surface area contributed by atoms with Gasteiger partial charge in [0.2, 0.25) is 21.1 Å². The zero-order chi connectivity index (χ0) is 25.1. The Bertz CT molecular complexity index is 1250. The maximum atomic E-state index is 13.1. The van der Waals surface area contributed by atoms with Crippen molar-refractivity contribution in [3.63, 3.8) is 0 Å². The molecule has 0 bridgehead atoms. The van der Waals surface area contributed by atoms with E-state index in [1.165, 1.54) is 11.3 Å². The van der Waals surface area contributed by atoms with E-state index in [1.807, 2.05) is 45.0 Å². The van der Waals surface area contributed by atoms with Crippen LogP contribution >= 0.6 is 11.3 Å². The zero-order valence-electron chi connectivity index (χ0n) is 20.4. The lowest BCUT2D eigenvalue weighted by atomic mass is 9.87. The third-order valence-corrected chi connectivity index (χ3v) is 8.07. The minimum Gasteiger partial charge on any atom is -0.299 e. The highest BCUT2D eigenvalue weighted by atomic mass is 32.2. The molecule has 2 aromatic carbocycles. The van der Waals surface area contributed by atoms with Gasteiger partial charge >= 0.3 is 0 Å². The quantitative estimate of drug-likeness (QED) is 0.446. The minimum absolute atomic E-state index is 0.0894. The lowest BCUT2D eigenvalue weighted by Gasteiger charge is -2.23. The van der Waals surface area contributed by atoms with E-state index in [2.05, 4.69) is 41.0 Å². The summed E-state index contributed by atoms with van der Waals surface area (Å²) in [6.07, 6.45) is 0.619. The van der Waals surface area contributed by atoms with E-state index in [4.69, 9.17) is 0 Å². The first kappa shape index (κ1) is 26.0. The molecule has 3 rings (SSSR count). The molecule has 3 aromatic rings. The van der Waals surface area contributed by atoms with Crippen molar-refractivity contribution in [2.45, 2.75) is 64.3 Å². The van der Waals surface area contributed by atoms with Gasteiger partial charge in [-0.05, 0) is 42.0 Å². The van der Waals surface area contributed by atoms with E-state index in [-0.39, 0.29) is 16.2 Å². The van der Waals surface area contributed by atoms with E-state index in [1.54, 1.807) is 24.3 Å². The normalized spacial score (nSPS) is 13.9. The Hall–Kier alpha value is -2.62. The number of anilines is 1. The number of carbonyl (C=O) groups excluding carboxylic acids is 1. The fraction of sp³-hybridized carbons (Fsp3) is 0.400. The number of aryl methyl sites for hydroxylation is 1. The van der Waals surface area contributed by atoms with E-state index in [9.17, 15) is 13.2 Å². The van der Waals surface area contributed by atoms with Gasteiger partial charge in [-0.3, -0.25) is 10.1 Å². The highest BCUT2D eigenvalue weighted by molar-refractivity contribution is 7.89. The molecule has 0 aliphatic rings. The van der Waals surface area contributed by atoms with E-state index in [0.29, 0.717) is 16.6 Å². The number of hydrogen-bond acceptors (Lipinski definition) is 6. The molecule has 0 unspecified atom stereocenters. The Morgan fingerprint density at radius 2 is 1.76 bits per heavy atom. The van der Waals surface area contributed by atoms with Crippen LogP contribution in [0.2, 0.25) is 0 Å². The Morgan fingerprint density at radius 1 is 1.09 bits per heavy atom. The predicted octanol–water partition coefficient (Wildman–Crippen LogP) is 5.14. The molecule has 0 aliphatic carbocycles. The number of amides is 1. The summed E-state index contributed by atoms with van der Waals surface area (Å²) in [6, 6.07) is 13.7. The molecule has 0 aliphatic heterocycles. The van der Waals surface area contributed by atoms with E-state index < -0.39 is 22.0 Å². The van der Waals surface area contributed by atoms with Gasteiger partial charge in [0.25, 0.3) is 0 Å². The van der Waals surface area contributed by atoms with Crippen LogP contribution < -0.4 is 10.0 Å². The number of benzene rings is 2. The third-order valence-electron chi connectivity index (χ3n) is 5.73. The highest BCUT2D eigenvalue weighted by Gasteiger charge is 2.30. The van der Waals surface area contributed by atoms with Crippen molar-refractivity contribution < 1.29 is 13.2 Å². The molecule has 1 amide bonds. The van der Waals surface area contributed by atoms with Crippen LogP contribution in [0.25, 0.3) is 10.6 Å². The minimum atomic E-state index is -3.90. The number of sulfonamides is 1. The van der Waals surface area contributed by atoms with Crippen molar-refractivity contribution in [3.8, 4) is 10.6 Å². The lowest BCUT2D eigenvalue weighted by molar-refractivity contribution is -0.118. The third kappa shape index (κ3) is 6.28. The van der Waals surface area contributed by atoms with Gasteiger partial charge in [-0.1, -0.05) is 88.3 Å². The van der Waals surface area contributed by atoms with Crippen LogP contribution in [-0.2, 0) is 20.2 Å². The SMILES string of the molecule is CC[C@H](C)[C@@H](NS(=O)(=O)c1ccc(C(C)(C)C)cc1)C(=O)Nc1nnc(-c2cccc(C)c2)s1.